The lowest BCUT2D eigenvalue weighted by Gasteiger charge is -2.31. The Morgan fingerprint density at radius 3 is 2.57 bits per heavy atom. The molecule has 2 aliphatic heterocycles. The normalized spacial score (nSPS) is 18.0. The van der Waals surface area contributed by atoms with Gasteiger partial charge in [-0.15, -0.1) is 0 Å². The third-order valence-corrected chi connectivity index (χ3v) is 7.39. The number of halogens is 3. The number of piperazine rings is 1. The van der Waals surface area contributed by atoms with E-state index in [4.69, 9.17) is 16.6 Å². The second-order valence-electron chi connectivity index (χ2n) is 9.84. The van der Waals surface area contributed by atoms with Crippen LogP contribution in [0.25, 0.3) is 11.1 Å². The number of aliphatic imine (C=N–C) groups is 1. The summed E-state index contributed by atoms with van der Waals surface area (Å²) in [5, 5.41) is 15.3. The number of benzene rings is 2. The van der Waals surface area contributed by atoms with E-state index >= 15 is 0 Å². The number of hydrogen-bond acceptors (Lipinski definition) is 7. The van der Waals surface area contributed by atoms with Gasteiger partial charge in [0.1, 0.15) is 22.8 Å². The van der Waals surface area contributed by atoms with Gasteiger partial charge < -0.3 is 20.6 Å². The average Bonchev–Trinajstić information content (AvgIpc) is 3.16. The molecule has 1 amide bonds. The van der Waals surface area contributed by atoms with E-state index in [9.17, 15) is 23.5 Å². The van der Waals surface area contributed by atoms with Gasteiger partial charge in [0.2, 0.25) is 5.95 Å². The van der Waals surface area contributed by atoms with Crippen LogP contribution in [-0.2, 0) is 11.2 Å². The Labute approximate surface area is 244 Å². The van der Waals surface area contributed by atoms with Crippen molar-refractivity contribution in [2.75, 3.05) is 25.0 Å². The molecule has 9 nitrogen and oxygen atoms in total. The quantitative estimate of drug-likeness (QED) is 0.400. The maximum Gasteiger partial charge on any atom is 0.322 e. The third-order valence-electron chi connectivity index (χ3n) is 7.19. The van der Waals surface area contributed by atoms with Crippen molar-refractivity contribution in [1.82, 2.24) is 20.2 Å². The summed E-state index contributed by atoms with van der Waals surface area (Å²) in [5.74, 6) is -2.42. The van der Waals surface area contributed by atoms with Crippen LogP contribution in [0.3, 0.4) is 0 Å². The number of rotatable bonds is 5. The van der Waals surface area contributed by atoms with Crippen LogP contribution in [0.2, 0.25) is 0 Å². The smallest absolute Gasteiger partial charge is 0.322 e. The highest BCUT2D eigenvalue weighted by atomic mass is 35.5. The second-order valence-corrected chi connectivity index (χ2v) is 10.2. The van der Waals surface area contributed by atoms with Crippen molar-refractivity contribution in [2.45, 2.75) is 12.5 Å². The van der Waals surface area contributed by atoms with Gasteiger partial charge in [-0.25, -0.2) is 23.7 Å². The van der Waals surface area contributed by atoms with Crippen LogP contribution in [0.4, 0.5) is 20.4 Å². The van der Waals surface area contributed by atoms with Gasteiger partial charge in [-0.1, -0.05) is 23.7 Å². The molecule has 212 valence electrons. The summed E-state index contributed by atoms with van der Waals surface area (Å²) in [4.78, 5) is 39.1. The Bertz CT molecular complexity index is 1710. The van der Waals surface area contributed by atoms with Crippen molar-refractivity contribution < 1.29 is 23.5 Å². The molecule has 0 saturated carbocycles. The van der Waals surface area contributed by atoms with E-state index in [0.717, 1.165) is 5.56 Å². The summed E-state index contributed by atoms with van der Waals surface area (Å²) in [5.41, 5.74) is 3.54. The van der Waals surface area contributed by atoms with E-state index in [1.807, 2.05) is 6.08 Å². The second kappa shape index (κ2) is 11.3. The molecular weight excluding hydrogens is 566 g/mol. The number of aromatic nitrogens is 2. The lowest BCUT2D eigenvalue weighted by Crippen LogP contribution is -2.55. The summed E-state index contributed by atoms with van der Waals surface area (Å²) in [6.07, 6.45) is 6.91. The van der Waals surface area contributed by atoms with Crippen LogP contribution in [0, 0.1) is 11.6 Å². The fourth-order valence-corrected chi connectivity index (χ4v) is 5.27. The molecule has 0 spiro atoms. The maximum absolute atomic E-state index is 14.8. The largest absolute Gasteiger partial charge is 0.480 e. The summed E-state index contributed by atoms with van der Waals surface area (Å²) >= 11 is 6.26. The molecule has 3 heterocycles. The molecule has 1 atom stereocenters. The van der Waals surface area contributed by atoms with E-state index in [-0.39, 0.29) is 34.7 Å². The van der Waals surface area contributed by atoms with Crippen molar-refractivity contribution in [2.24, 2.45) is 4.99 Å². The Hall–Kier alpha value is -4.74. The number of carboxylic acid groups (broad SMARTS) is 1. The number of carbonyl (C=O) groups excluding carboxylic acids is 1. The van der Waals surface area contributed by atoms with Crippen molar-refractivity contribution in [3.05, 3.63) is 107 Å². The standard InChI is InChI=1S/C30H23ClF2N6O3/c31-25-12-20(26-22(32)2-1-3-23(26)33)19-9-6-17-13-36-30(38-27(17)21(19)14-35-25)37-18-7-4-16(5-8-18)28(40)39-11-10-34-24(15-39)29(41)42/h1-5,7-9,12-14,24,34H,6,10-11,15H2,(H,41,42)(H,36,37,38). The van der Waals surface area contributed by atoms with Gasteiger partial charge in [-0.05, 0) is 60.0 Å². The van der Waals surface area contributed by atoms with Crippen molar-refractivity contribution in [3.63, 3.8) is 0 Å². The monoisotopic (exact) mass is 588 g/mol. The Kier molecular flexibility index (Phi) is 7.36. The predicted molar refractivity (Wildman–Crippen MR) is 154 cm³/mol. The predicted octanol–water partition coefficient (Wildman–Crippen LogP) is 4.55. The average molecular weight is 589 g/mol. The number of nitrogens with zero attached hydrogens (tertiary/aromatic N) is 4. The number of carbonyl (C=O) groups is 2. The minimum atomic E-state index is -0.999. The number of carboxylic acids is 1. The summed E-state index contributed by atoms with van der Waals surface area (Å²) in [7, 11) is 0. The molecule has 1 saturated heterocycles. The molecule has 12 heteroatoms. The van der Waals surface area contributed by atoms with Gasteiger partial charge >= 0.3 is 5.97 Å². The van der Waals surface area contributed by atoms with Crippen molar-refractivity contribution in [3.8, 4) is 0 Å². The Morgan fingerprint density at radius 2 is 1.83 bits per heavy atom. The first-order chi connectivity index (χ1) is 20.3. The number of hydrogen-bond donors (Lipinski definition) is 3. The third kappa shape index (κ3) is 5.31. The Morgan fingerprint density at radius 1 is 1.07 bits per heavy atom. The van der Waals surface area contributed by atoms with E-state index in [1.165, 1.54) is 35.4 Å². The van der Waals surface area contributed by atoms with Gasteiger partial charge in [0.15, 0.2) is 0 Å². The molecule has 1 aliphatic carbocycles. The molecular formula is C30H23ClF2N6O3. The first-order valence-corrected chi connectivity index (χ1v) is 13.5. The van der Waals surface area contributed by atoms with E-state index in [2.05, 4.69) is 20.6 Å². The van der Waals surface area contributed by atoms with Crippen molar-refractivity contribution in [1.29, 1.82) is 0 Å². The topological polar surface area (TPSA) is 120 Å². The summed E-state index contributed by atoms with van der Waals surface area (Å²) in [6.45, 7) is 0.891. The number of fused-ring (bicyclic) bond motifs is 3. The molecule has 6 rings (SSSR count). The highest BCUT2D eigenvalue weighted by Crippen LogP contribution is 2.41. The van der Waals surface area contributed by atoms with Gasteiger partial charge in [-0.3, -0.25) is 9.59 Å². The zero-order chi connectivity index (χ0) is 29.4. The fraction of sp³-hybridized carbons (Fsp3) is 0.167. The van der Waals surface area contributed by atoms with Gasteiger partial charge in [-0.2, -0.15) is 0 Å². The minimum Gasteiger partial charge on any atom is -0.480 e. The fourth-order valence-electron chi connectivity index (χ4n) is 5.11. The zero-order valence-electron chi connectivity index (χ0n) is 21.9. The lowest BCUT2D eigenvalue weighted by molar-refractivity contribution is -0.140. The van der Waals surface area contributed by atoms with Crippen LogP contribution >= 0.6 is 11.6 Å². The first-order valence-electron chi connectivity index (χ1n) is 13.1. The van der Waals surface area contributed by atoms with E-state index < -0.39 is 23.6 Å². The van der Waals surface area contributed by atoms with E-state index in [0.29, 0.717) is 47.6 Å². The Balaban J connectivity index is 1.24. The van der Waals surface area contributed by atoms with Crippen LogP contribution in [-0.4, -0.2) is 62.7 Å². The first kappa shape index (κ1) is 27.4. The van der Waals surface area contributed by atoms with Crippen LogP contribution < -0.4 is 10.6 Å². The molecule has 0 bridgehead atoms. The molecule has 1 unspecified atom stereocenters. The highest BCUT2D eigenvalue weighted by Gasteiger charge is 2.29. The number of aliphatic carboxylic acids is 1. The molecule has 1 fully saturated rings. The van der Waals surface area contributed by atoms with Gasteiger partial charge in [0, 0.05) is 54.4 Å². The van der Waals surface area contributed by atoms with E-state index in [1.54, 1.807) is 30.5 Å². The molecule has 2 aromatic carbocycles. The molecule has 3 aliphatic rings. The molecule has 42 heavy (non-hydrogen) atoms. The summed E-state index contributed by atoms with van der Waals surface area (Å²) < 4.78 is 29.6. The number of anilines is 2. The lowest BCUT2D eigenvalue weighted by atomic mass is 9.84. The molecule has 3 aromatic rings. The zero-order valence-corrected chi connectivity index (χ0v) is 22.7. The maximum atomic E-state index is 14.8. The number of amides is 1. The number of nitrogens with one attached hydrogen (secondary N) is 2. The highest BCUT2D eigenvalue weighted by molar-refractivity contribution is 6.69. The molecule has 0 radical (unpaired) electrons. The van der Waals surface area contributed by atoms with Crippen LogP contribution in [0.15, 0.2) is 77.6 Å². The summed E-state index contributed by atoms with van der Waals surface area (Å²) in [6, 6.07) is 9.58. The number of allylic oxidation sites excluding steroid dienone is 5. The van der Waals surface area contributed by atoms with Crippen molar-refractivity contribution >= 4 is 51.4 Å². The van der Waals surface area contributed by atoms with Crippen LogP contribution in [0.5, 0.6) is 0 Å². The van der Waals surface area contributed by atoms with Crippen LogP contribution in [0.1, 0.15) is 27.2 Å². The molecule has 3 N–H and O–H groups in total. The SMILES string of the molecule is O=C(O)C1CN(C(=O)c2ccc(Nc3ncc4c(n3)C3=CN=C(Cl)C=C(c5c(F)cccc5F)C3=CC4)cc2)CCN1. The minimum absolute atomic E-state index is 0.0679. The van der Waals surface area contributed by atoms with Gasteiger partial charge in [0.25, 0.3) is 5.91 Å². The van der Waals surface area contributed by atoms with Gasteiger partial charge in [0.05, 0.1) is 11.3 Å². The molecule has 1 aromatic heterocycles.